The van der Waals surface area contributed by atoms with Crippen molar-refractivity contribution >= 4 is 17.5 Å². The van der Waals surface area contributed by atoms with Crippen LogP contribution in [0.15, 0.2) is 54.6 Å². The van der Waals surface area contributed by atoms with Crippen LogP contribution in [0.1, 0.15) is 10.4 Å². The van der Waals surface area contributed by atoms with Crippen LogP contribution in [0.3, 0.4) is 0 Å². The van der Waals surface area contributed by atoms with Gasteiger partial charge in [0.2, 0.25) is 5.91 Å². The summed E-state index contributed by atoms with van der Waals surface area (Å²) < 4.78 is 0. The van der Waals surface area contributed by atoms with Crippen LogP contribution < -0.4 is 10.6 Å². The van der Waals surface area contributed by atoms with E-state index < -0.39 is 5.91 Å². The number of phenols is 1. The highest BCUT2D eigenvalue weighted by molar-refractivity contribution is 5.99. The number of anilines is 1. The van der Waals surface area contributed by atoms with E-state index in [1.807, 2.05) is 6.07 Å². The number of amides is 2. The molecule has 20 heavy (non-hydrogen) atoms. The molecule has 0 atom stereocenters. The van der Waals surface area contributed by atoms with Gasteiger partial charge in [0, 0.05) is 5.56 Å². The first kappa shape index (κ1) is 13.6. The molecule has 0 bridgehead atoms. The van der Waals surface area contributed by atoms with Crippen molar-refractivity contribution in [1.29, 1.82) is 0 Å². The first-order valence-corrected chi connectivity index (χ1v) is 6.08. The third kappa shape index (κ3) is 3.58. The Morgan fingerprint density at radius 1 is 0.950 bits per heavy atom. The number of carbonyl (C=O) groups excluding carboxylic acids is 2. The number of phenolic OH excluding ortho intramolecular Hbond substituents is 1. The standard InChI is InChI=1S/C15H14N2O3/c18-13-9-5-4-8-12(13)17-14(19)10-16-15(20)11-6-2-1-3-7-11/h1-9,18H,10H2,(H,16,20)(H,17,19). The lowest BCUT2D eigenvalue weighted by Crippen LogP contribution is -2.32. The van der Waals surface area contributed by atoms with E-state index >= 15 is 0 Å². The molecule has 5 nitrogen and oxygen atoms in total. The summed E-state index contributed by atoms with van der Waals surface area (Å²) in [6, 6.07) is 15.0. The molecule has 0 saturated heterocycles. The number of hydrogen-bond donors (Lipinski definition) is 3. The molecule has 0 heterocycles. The lowest BCUT2D eigenvalue weighted by molar-refractivity contribution is -0.115. The predicted octanol–water partition coefficient (Wildman–Crippen LogP) is 1.76. The summed E-state index contributed by atoms with van der Waals surface area (Å²) >= 11 is 0. The van der Waals surface area contributed by atoms with E-state index in [1.165, 1.54) is 6.07 Å². The average Bonchev–Trinajstić information content (AvgIpc) is 2.48. The lowest BCUT2D eigenvalue weighted by atomic mass is 10.2. The Kier molecular flexibility index (Phi) is 4.34. The highest BCUT2D eigenvalue weighted by atomic mass is 16.3. The second kappa shape index (κ2) is 6.38. The van der Waals surface area contributed by atoms with E-state index in [1.54, 1.807) is 42.5 Å². The van der Waals surface area contributed by atoms with Gasteiger partial charge in [-0.25, -0.2) is 0 Å². The van der Waals surface area contributed by atoms with Crippen molar-refractivity contribution in [2.45, 2.75) is 0 Å². The molecular weight excluding hydrogens is 256 g/mol. The highest BCUT2D eigenvalue weighted by Gasteiger charge is 2.09. The van der Waals surface area contributed by atoms with Crippen molar-refractivity contribution in [1.82, 2.24) is 5.32 Å². The summed E-state index contributed by atoms with van der Waals surface area (Å²) in [7, 11) is 0. The number of aromatic hydroxyl groups is 1. The number of para-hydroxylation sites is 2. The Labute approximate surface area is 116 Å². The maximum Gasteiger partial charge on any atom is 0.251 e. The minimum atomic E-state index is -0.407. The molecule has 0 unspecified atom stereocenters. The van der Waals surface area contributed by atoms with Crippen LogP contribution in [-0.2, 0) is 4.79 Å². The molecule has 0 fully saturated rings. The summed E-state index contributed by atoms with van der Waals surface area (Å²) in [5, 5.41) is 14.5. The van der Waals surface area contributed by atoms with Crippen molar-refractivity contribution in [3.8, 4) is 5.75 Å². The van der Waals surface area contributed by atoms with E-state index in [-0.39, 0.29) is 18.2 Å². The summed E-state index contributed by atoms with van der Waals surface area (Å²) in [4.78, 5) is 23.4. The smallest absolute Gasteiger partial charge is 0.251 e. The molecule has 0 spiro atoms. The SMILES string of the molecule is O=C(CNC(=O)c1ccccc1)Nc1ccccc1O. The molecule has 0 radical (unpaired) electrons. The molecule has 0 aliphatic heterocycles. The van der Waals surface area contributed by atoms with E-state index in [0.717, 1.165) is 0 Å². The third-order valence-electron chi connectivity index (χ3n) is 2.62. The van der Waals surface area contributed by atoms with Crippen LogP contribution in [0.2, 0.25) is 0 Å². The van der Waals surface area contributed by atoms with Crippen LogP contribution in [0.4, 0.5) is 5.69 Å². The van der Waals surface area contributed by atoms with Gasteiger partial charge in [-0.2, -0.15) is 0 Å². The number of rotatable bonds is 4. The zero-order chi connectivity index (χ0) is 14.4. The fourth-order valence-electron chi connectivity index (χ4n) is 1.63. The molecule has 0 aromatic heterocycles. The topological polar surface area (TPSA) is 78.4 Å². The lowest BCUT2D eigenvalue weighted by Gasteiger charge is -2.08. The summed E-state index contributed by atoms with van der Waals surface area (Å²) in [5.41, 5.74) is 0.800. The second-order valence-electron chi connectivity index (χ2n) is 4.11. The van der Waals surface area contributed by atoms with Crippen LogP contribution in [0.25, 0.3) is 0 Å². The van der Waals surface area contributed by atoms with Gasteiger partial charge in [-0.1, -0.05) is 30.3 Å². The van der Waals surface area contributed by atoms with Gasteiger partial charge >= 0.3 is 0 Å². The maximum atomic E-state index is 11.7. The van der Waals surface area contributed by atoms with Gasteiger partial charge in [0.05, 0.1) is 12.2 Å². The first-order chi connectivity index (χ1) is 9.66. The van der Waals surface area contributed by atoms with Crippen molar-refractivity contribution < 1.29 is 14.7 Å². The van der Waals surface area contributed by atoms with Crippen molar-refractivity contribution in [2.24, 2.45) is 0 Å². The molecule has 2 rings (SSSR count). The van der Waals surface area contributed by atoms with Gasteiger partial charge in [-0.05, 0) is 24.3 Å². The molecule has 2 aromatic rings. The zero-order valence-corrected chi connectivity index (χ0v) is 10.7. The minimum Gasteiger partial charge on any atom is -0.506 e. The Balaban J connectivity index is 1.87. The van der Waals surface area contributed by atoms with Gasteiger partial charge in [0.15, 0.2) is 0 Å². The minimum absolute atomic E-state index is 0.0183. The van der Waals surface area contributed by atoms with E-state index in [9.17, 15) is 14.7 Å². The van der Waals surface area contributed by atoms with Gasteiger partial charge in [-0.3, -0.25) is 9.59 Å². The average molecular weight is 270 g/mol. The Hall–Kier alpha value is -2.82. The normalized spacial score (nSPS) is 9.80. The van der Waals surface area contributed by atoms with Crippen LogP contribution in [-0.4, -0.2) is 23.5 Å². The van der Waals surface area contributed by atoms with Crippen LogP contribution in [0, 0.1) is 0 Å². The van der Waals surface area contributed by atoms with Gasteiger partial charge in [0.25, 0.3) is 5.91 Å². The summed E-state index contributed by atoms with van der Waals surface area (Å²) in [5.74, 6) is -0.746. The van der Waals surface area contributed by atoms with E-state index in [0.29, 0.717) is 11.3 Å². The number of benzene rings is 2. The molecule has 5 heteroatoms. The molecule has 3 N–H and O–H groups in total. The fourth-order valence-corrected chi connectivity index (χ4v) is 1.63. The van der Waals surface area contributed by atoms with Gasteiger partial charge < -0.3 is 15.7 Å². The number of carbonyl (C=O) groups is 2. The monoisotopic (exact) mass is 270 g/mol. The molecule has 0 saturated carbocycles. The Bertz CT molecular complexity index is 612. The molecule has 0 aliphatic rings. The third-order valence-corrected chi connectivity index (χ3v) is 2.62. The van der Waals surface area contributed by atoms with Crippen molar-refractivity contribution in [2.75, 3.05) is 11.9 Å². The van der Waals surface area contributed by atoms with E-state index in [2.05, 4.69) is 10.6 Å². The summed E-state index contributed by atoms with van der Waals surface area (Å²) in [6.07, 6.45) is 0. The highest BCUT2D eigenvalue weighted by Crippen LogP contribution is 2.20. The fraction of sp³-hybridized carbons (Fsp3) is 0.0667. The molecule has 0 aliphatic carbocycles. The first-order valence-electron chi connectivity index (χ1n) is 6.08. The number of hydrogen-bond acceptors (Lipinski definition) is 3. The predicted molar refractivity (Wildman–Crippen MR) is 75.5 cm³/mol. The Morgan fingerprint density at radius 3 is 2.30 bits per heavy atom. The largest absolute Gasteiger partial charge is 0.506 e. The van der Waals surface area contributed by atoms with Crippen LogP contribution >= 0.6 is 0 Å². The van der Waals surface area contributed by atoms with Gasteiger partial charge in [-0.15, -0.1) is 0 Å². The van der Waals surface area contributed by atoms with Crippen molar-refractivity contribution in [3.05, 3.63) is 60.2 Å². The Morgan fingerprint density at radius 2 is 1.60 bits per heavy atom. The van der Waals surface area contributed by atoms with E-state index in [4.69, 9.17) is 0 Å². The number of nitrogens with one attached hydrogen (secondary N) is 2. The summed E-state index contributed by atoms with van der Waals surface area (Å²) in [6.45, 7) is -0.165. The zero-order valence-electron chi connectivity index (χ0n) is 10.7. The van der Waals surface area contributed by atoms with Crippen molar-refractivity contribution in [3.63, 3.8) is 0 Å². The second-order valence-corrected chi connectivity index (χ2v) is 4.11. The van der Waals surface area contributed by atoms with Gasteiger partial charge in [0.1, 0.15) is 5.75 Å². The molecule has 102 valence electrons. The van der Waals surface area contributed by atoms with Crippen LogP contribution in [0.5, 0.6) is 5.75 Å². The molecular formula is C15H14N2O3. The quantitative estimate of drug-likeness (QED) is 0.741. The molecule has 2 aromatic carbocycles. The maximum absolute atomic E-state index is 11.7. The molecule has 2 amide bonds.